The Hall–Kier alpha value is -2.32. The molecule has 1 unspecified atom stereocenters. The third-order valence-corrected chi connectivity index (χ3v) is 7.27. The van der Waals surface area contributed by atoms with Gasteiger partial charge in [0, 0.05) is 6.42 Å². The second kappa shape index (κ2) is 9.22. The van der Waals surface area contributed by atoms with Gasteiger partial charge in [0.05, 0.1) is 6.33 Å². The minimum atomic E-state index is -1.26. The molecule has 0 spiro atoms. The molecule has 6 atom stereocenters. The number of Topliss-reactive ketones (excluding diaryl/α,β-unsaturated/α-hetero) is 1. The summed E-state index contributed by atoms with van der Waals surface area (Å²) in [5.41, 5.74) is 12.1. The molecule has 0 bridgehead atoms. The minimum absolute atomic E-state index is 0.0559. The second-order valence-corrected chi connectivity index (χ2v) is 9.45. The number of imidazole rings is 1. The number of aliphatic carboxylic acids is 1. The summed E-state index contributed by atoms with van der Waals surface area (Å²) in [4.78, 5) is 34.7. The number of aromatic nitrogens is 4. The topological polar surface area (TPSA) is 200 Å². The zero-order valence-corrected chi connectivity index (χ0v) is 17.1. The van der Waals surface area contributed by atoms with Crippen molar-refractivity contribution in [1.82, 2.24) is 19.5 Å². The van der Waals surface area contributed by atoms with Crippen LogP contribution in [0, 0.1) is 0 Å². The fourth-order valence-corrected chi connectivity index (χ4v) is 5.64. The van der Waals surface area contributed by atoms with Crippen molar-refractivity contribution in [1.29, 1.82) is 0 Å². The SMILES string of the molecule is CC(=O)C[S+](CC[C@H](N)C(=O)O)C[C@H]1O[C@@H](n2cnc3c(N)ncnc32)[C@H](O)[C@@H]1O. The molecule has 1 fully saturated rings. The van der Waals surface area contributed by atoms with Crippen LogP contribution in [0.1, 0.15) is 19.6 Å². The van der Waals surface area contributed by atoms with E-state index in [1.807, 2.05) is 0 Å². The number of nitrogens with zero attached hydrogens (tertiary/aromatic N) is 4. The lowest BCUT2D eigenvalue weighted by molar-refractivity contribution is -0.138. The van der Waals surface area contributed by atoms with Crippen LogP contribution in [-0.4, -0.2) is 88.2 Å². The Kier molecular flexibility index (Phi) is 6.88. The van der Waals surface area contributed by atoms with Crippen LogP contribution in [0.3, 0.4) is 0 Å². The standard InChI is InChI=1S/C17H24N6O6S/c1-8(24)4-30(3-2-9(18)17(27)28)5-10-12(25)13(26)16(29-10)23-7-22-11-14(19)20-6-21-15(11)23/h6-7,9-10,12-13,16,25-26H,2-5,18H2,1H3,(H2-,19,20,21,27,28)/p+1/t9-,10+,12+,13+,16+,30?/m0/s1. The van der Waals surface area contributed by atoms with Crippen molar-refractivity contribution in [3.8, 4) is 0 Å². The van der Waals surface area contributed by atoms with Gasteiger partial charge in [0.2, 0.25) is 0 Å². The van der Waals surface area contributed by atoms with E-state index < -0.39 is 47.4 Å². The van der Waals surface area contributed by atoms with E-state index in [0.29, 0.717) is 16.9 Å². The fourth-order valence-electron chi connectivity index (χ4n) is 3.30. The van der Waals surface area contributed by atoms with Gasteiger partial charge in [0.1, 0.15) is 47.7 Å². The molecule has 12 nitrogen and oxygen atoms in total. The monoisotopic (exact) mass is 441 g/mol. The highest BCUT2D eigenvalue weighted by atomic mass is 32.2. The number of hydrogen-bond donors (Lipinski definition) is 5. The van der Waals surface area contributed by atoms with Crippen LogP contribution in [-0.2, 0) is 25.2 Å². The Labute approximate surface area is 174 Å². The summed E-state index contributed by atoms with van der Waals surface area (Å²) in [5.74, 6) is -0.0806. The van der Waals surface area contributed by atoms with E-state index in [1.165, 1.54) is 24.1 Å². The van der Waals surface area contributed by atoms with Crippen LogP contribution >= 0.6 is 0 Å². The number of carboxylic acids is 1. The molecule has 3 rings (SSSR count). The van der Waals surface area contributed by atoms with Gasteiger partial charge in [0.25, 0.3) is 0 Å². The molecule has 2 aromatic heterocycles. The number of hydrogen-bond acceptors (Lipinski definition) is 10. The maximum Gasteiger partial charge on any atom is 0.320 e. The van der Waals surface area contributed by atoms with E-state index in [2.05, 4.69) is 15.0 Å². The van der Waals surface area contributed by atoms with Crippen LogP contribution in [0.5, 0.6) is 0 Å². The molecule has 1 saturated heterocycles. The van der Waals surface area contributed by atoms with Crippen LogP contribution in [0.4, 0.5) is 5.82 Å². The van der Waals surface area contributed by atoms with E-state index in [0.717, 1.165) is 0 Å². The largest absolute Gasteiger partial charge is 0.480 e. The number of nitrogen functional groups attached to an aromatic ring is 1. The molecule has 2 aromatic rings. The predicted molar refractivity (Wildman–Crippen MR) is 109 cm³/mol. The number of anilines is 1. The predicted octanol–water partition coefficient (Wildman–Crippen LogP) is -1.96. The van der Waals surface area contributed by atoms with Crippen molar-refractivity contribution in [2.45, 2.75) is 43.9 Å². The molecule has 1 aliphatic heterocycles. The van der Waals surface area contributed by atoms with Crippen LogP contribution < -0.4 is 11.5 Å². The van der Waals surface area contributed by atoms with Gasteiger partial charge < -0.3 is 31.5 Å². The number of carbonyl (C=O) groups is 2. The first kappa shape index (κ1) is 22.4. The highest BCUT2D eigenvalue weighted by Gasteiger charge is 2.47. The number of nitrogens with two attached hydrogens (primary N) is 2. The van der Waals surface area contributed by atoms with Gasteiger partial charge in [-0.15, -0.1) is 0 Å². The van der Waals surface area contributed by atoms with Gasteiger partial charge >= 0.3 is 5.97 Å². The molecule has 0 aromatic carbocycles. The Balaban J connectivity index is 1.74. The van der Waals surface area contributed by atoms with Gasteiger partial charge in [-0.3, -0.25) is 14.2 Å². The third kappa shape index (κ3) is 4.70. The van der Waals surface area contributed by atoms with Crippen molar-refractivity contribution in [3.05, 3.63) is 12.7 Å². The van der Waals surface area contributed by atoms with Crippen LogP contribution in [0.15, 0.2) is 12.7 Å². The molecule has 164 valence electrons. The zero-order chi connectivity index (χ0) is 22.0. The molecular weight excluding hydrogens is 416 g/mol. The molecule has 0 saturated carbocycles. The van der Waals surface area contributed by atoms with Gasteiger partial charge in [-0.25, -0.2) is 15.0 Å². The lowest BCUT2D eigenvalue weighted by Gasteiger charge is -2.17. The summed E-state index contributed by atoms with van der Waals surface area (Å²) in [6.45, 7) is 1.45. The van der Waals surface area contributed by atoms with E-state index in [1.54, 1.807) is 0 Å². The van der Waals surface area contributed by atoms with E-state index in [9.17, 15) is 19.8 Å². The van der Waals surface area contributed by atoms with Crippen molar-refractivity contribution < 1.29 is 29.6 Å². The summed E-state index contributed by atoms with van der Waals surface area (Å²) in [6.07, 6.45) is -1.31. The van der Waals surface area contributed by atoms with Crippen molar-refractivity contribution in [2.24, 2.45) is 5.73 Å². The Morgan fingerprint density at radius 3 is 2.70 bits per heavy atom. The highest BCUT2D eigenvalue weighted by Crippen LogP contribution is 2.33. The maximum absolute atomic E-state index is 11.7. The molecular formula is C17H25N6O6S+. The van der Waals surface area contributed by atoms with Crippen molar-refractivity contribution in [2.75, 3.05) is 23.0 Å². The zero-order valence-electron chi connectivity index (χ0n) is 16.3. The van der Waals surface area contributed by atoms with Crippen LogP contribution in [0.2, 0.25) is 0 Å². The van der Waals surface area contributed by atoms with Gasteiger partial charge in [-0.05, 0) is 17.8 Å². The van der Waals surface area contributed by atoms with Crippen molar-refractivity contribution >= 4 is 39.6 Å². The molecule has 1 aliphatic rings. The number of rotatable bonds is 9. The average Bonchev–Trinajstić information content (AvgIpc) is 3.22. The summed E-state index contributed by atoms with van der Waals surface area (Å²) >= 11 is 0. The first-order valence-electron chi connectivity index (χ1n) is 9.25. The fraction of sp³-hybridized carbons (Fsp3) is 0.588. The van der Waals surface area contributed by atoms with E-state index in [-0.39, 0.29) is 29.5 Å². The summed E-state index contributed by atoms with van der Waals surface area (Å²) in [7, 11) is -0.569. The molecule has 0 aliphatic carbocycles. The normalized spacial score (nSPS) is 26.0. The van der Waals surface area contributed by atoms with Gasteiger partial charge in [0.15, 0.2) is 29.2 Å². The number of ether oxygens (including phenoxy) is 1. The average molecular weight is 441 g/mol. The summed E-state index contributed by atoms with van der Waals surface area (Å²) in [5, 5.41) is 30.1. The smallest absolute Gasteiger partial charge is 0.320 e. The van der Waals surface area contributed by atoms with E-state index >= 15 is 0 Å². The van der Waals surface area contributed by atoms with E-state index in [4.69, 9.17) is 21.3 Å². The first-order chi connectivity index (χ1) is 14.2. The number of carboxylic acid groups (broad SMARTS) is 1. The number of aliphatic hydroxyl groups excluding tert-OH is 2. The van der Waals surface area contributed by atoms with Crippen LogP contribution in [0.25, 0.3) is 11.2 Å². The Morgan fingerprint density at radius 2 is 2.03 bits per heavy atom. The molecule has 3 heterocycles. The summed E-state index contributed by atoms with van der Waals surface area (Å²) in [6, 6.07) is -1.03. The molecule has 0 radical (unpaired) electrons. The number of fused-ring (bicyclic) bond motifs is 1. The Morgan fingerprint density at radius 1 is 1.30 bits per heavy atom. The first-order valence-corrected chi connectivity index (χ1v) is 11.0. The molecule has 13 heteroatoms. The lowest BCUT2D eigenvalue weighted by atomic mass is 10.1. The third-order valence-electron chi connectivity index (χ3n) is 4.84. The summed E-state index contributed by atoms with van der Waals surface area (Å²) < 4.78 is 7.39. The van der Waals surface area contributed by atoms with Crippen molar-refractivity contribution in [3.63, 3.8) is 0 Å². The van der Waals surface area contributed by atoms with Gasteiger partial charge in [-0.1, -0.05) is 0 Å². The lowest BCUT2D eigenvalue weighted by Crippen LogP contribution is -2.39. The number of carbonyl (C=O) groups excluding carboxylic acids is 1. The Bertz CT molecular complexity index is 925. The number of aliphatic hydroxyl groups is 2. The second-order valence-electron chi connectivity index (χ2n) is 7.19. The number of ketones is 1. The molecule has 0 amide bonds. The maximum atomic E-state index is 11.7. The molecule has 7 N–H and O–H groups in total. The minimum Gasteiger partial charge on any atom is -0.480 e. The quantitative estimate of drug-likeness (QED) is 0.270. The van der Waals surface area contributed by atoms with Gasteiger partial charge in [-0.2, -0.15) is 0 Å². The molecule has 30 heavy (non-hydrogen) atoms. The highest BCUT2D eigenvalue weighted by molar-refractivity contribution is 7.97.